The molecule has 3 amide bonds. The van der Waals surface area contributed by atoms with Crippen molar-refractivity contribution in [3.05, 3.63) is 71.3 Å². The van der Waals surface area contributed by atoms with Crippen molar-refractivity contribution >= 4 is 17.9 Å². The van der Waals surface area contributed by atoms with Crippen LogP contribution in [0.1, 0.15) is 95.9 Å². The predicted molar refractivity (Wildman–Crippen MR) is 159 cm³/mol. The molecule has 218 valence electrons. The summed E-state index contributed by atoms with van der Waals surface area (Å²) in [5.74, 6) is -0.478. The zero-order valence-corrected chi connectivity index (χ0v) is 24.9. The average Bonchev–Trinajstić information content (AvgIpc) is 2.92. The van der Waals surface area contributed by atoms with Crippen LogP contribution in [0.4, 0.5) is 4.79 Å². The molecule has 1 aliphatic rings. The van der Waals surface area contributed by atoms with Gasteiger partial charge in [-0.2, -0.15) is 0 Å². The van der Waals surface area contributed by atoms with Gasteiger partial charge in [0.25, 0.3) is 0 Å². The number of nitrogens with zero attached hydrogens (tertiary/aromatic N) is 1. The topological polar surface area (TPSA) is 87.7 Å². The molecule has 2 unspecified atom stereocenters. The van der Waals surface area contributed by atoms with E-state index in [0.717, 1.165) is 48.8 Å². The molecule has 0 spiro atoms. The Morgan fingerprint density at radius 1 is 0.925 bits per heavy atom. The molecule has 1 fully saturated rings. The quantitative estimate of drug-likeness (QED) is 0.354. The van der Waals surface area contributed by atoms with Crippen LogP contribution in [0.5, 0.6) is 0 Å². The normalized spacial score (nSPS) is 15.5. The summed E-state index contributed by atoms with van der Waals surface area (Å²) >= 11 is 0. The zero-order chi connectivity index (χ0) is 29.1. The second-order valence-electron chi connectivity index (χ2n) is 11.8. The van der Waals surface area contributed by atoms with Gasteiger partial charge in [0.05, 0.1) is 0 Å². The Kier molecular flexibility index (Phi) is 11.6. The third-order valence-electron chi connectivity index (χ3n) is 7.23. The maximum Gasteiger partial charge on any atom is 0.408 e. The lowest BCUT2D eigenvalue weighted by Gasteiger charge is -2.35. The number of carbonyl (C=O) groups excluding carboxylic acids is 3. The van der Waals surface area contributed by atoms with E-state index in [1.54, 1.807) is 25.7 Å². The van der Waals surface area contributed by atoms with Gasteiger partial charge in [0.2, 0.25) is 11.8 Å². The first-order valence-electron chi connectivity index (χ1n) is 14.8. The molecular formula is C33H47N3O4. The number of hydrogen-bond donors (Lipinski definition) is 2. The fourth-order valence-electron chi connectivity index (χ4n) is 5.24. The molecule has 40 heavy (non-hydrogen) atoms. The highest BCUT2D eigenvalue weighted by Gasteiger charge is 2.36. The molecule has 0 heterocycles. The molecule has 0 radical (unpaired) electrons. The first kappa shape index (κ1) is 31.2. The maximum absolute atomic E-state index is 14.3. The van der Waals surface area contributed by atoms with Gasteiger partial charge in [-0.3, -0.25) is 9.59 Å². The van der Waals surface area contributed by atoms with Crippen LogP contribution < -0.4 is 10.6 Å². The number of rotatable bonds is 11. The summed E-state index contributed by atoms with van der Waals surface area (Å²) in [6.45, 7) is 9.81. The summed E-state index contributed by atoms with van der Waals surface area (Å²) in [7, 11) is 0. The monoisotopic (exact) mass is 549 g/mol. The van der Waals surface area contributed by atoms with Crippen molar-refractivity contribution < 1.29 is 19.1 Å². The zero-order valence-electron chi connectivity index (χ0n) is 24.9. The van der Waals surface area contributed by atoms with Crippen molar-refractivity contribution in [2.75, 3.05) is 6.54 Å². The standard InChI is InChI=1S/C33H47N3O4/c1-6-22-36(31(38)28(23-25-14-10-8-11-15-25)35-32(39)40-33(3,4)5)29(26-20-18-24(7-2)19-21-26)30(37)34-27-16-12-9-13-17-27/h8,10-11,14-15,18-21,27-29H,6-7,9,12-13,16-17,22-23H2,1-5H3,(H,34,37)(H,35,39). The summed E-state index contributed by atoms with van der Waals surface area (Å²) < 4.78 is 5.51. The molecular weight excluding hydrogens is 502 g/mol. The second-order valence-corrected chi connectivity index (χ2v) is 11.8. The Bertz CT molecular complexity index is 1090. The first-order chi connectivity index (χ1) is 19.1. The fraction of sp³-hybridized carbons (Fsp3) is 0.545. The molecule has 2 atom stereocenters. The maximum atomic E-state index is 14.3. The molecule has 2 aromatic carbocycles. The van der Waals surface area contributed by atoms with Crippen molar-refractivity contribution in [2.24, 2.45) is 0 Å². The van der Waals surface area contributed by atoms with Gasteiger partial charge in [0.1, 0.15) is 17.7 Å². The summed E-state index contributed by atoms with van der Waals surface area (Å²) in [5.41, 5.74) is 2.13. The lowest BCUT2D eigenvalue weighted by atomic mass is 9.94. The number of alkyl carbamates (subject to hydrolysis) is 1. The molecule has 7 heteroatoms. The molecule has 1 saturated carbocycles. The van der Waals surface area contributed by atoms with Crippen LogP contribution in [0.2, 0.25) is 0 Å². The summed E-state index contributed by atoms with van der Waals surface area (Å²) in [5, 5.41) is 6.08. The van der Waals surface area contributed by atoms with Gasteiger partial charge in [-0.05, 0) is 63.1 Å². The van der Waals surface area contributed by atoms with E-state index in [-0.39, 0.29) is 24.3 Å². The minimum absolute atomic E-state index is 0.109. The molecule has 3 rings (SSSR count). The lowest BCUT2D eigenvalue weighted by molar-refractivity contribution is -0.142. The van der Waals surface area contributed by atoms with Crippen molar-refractivity contribution in [3.8, 4) is 0 Å². The fourth-order valence-corrected chi connectivity index (χ4v) is 5.24. The lowest BCUT2D eigenvalue weighted by Crippen LogP contribution is -2.54. The summed E-state index contributed by atoms with van der Waals surface area (Å²) in [6, 6.07) is 15.9. The van der Waals surface area contributed by atoms with Crippen molar-refractivity contribution in [1.29, 1.82) is 0 Å². The van der Waals surface area contributed by atoms with E-state index < -0.39 is 23.8 Å². The van der Waals surface area contributed by atoms with E-state index in [1.807, 2.05) is 61.5 Å². The number of ether oxygens (including phenoxy) is 1. The number of amides is 3. The Morgan fingerprint density at radius 3 is 2.15 bits per heavy atom. The van der Waals surface area contributed by atoms with Gasteiger partial charge < -0.3 is 20.3 Å². The number of aryl methyl sites for hydroxylation is 1. The van der Waals surface area contributed by atoms with Crippen LogP contribution >= 0.6 is 0 Å². The number of nitrogens with one attached hydrogen (secondary N) is 2. The van der Waals surface area contributed by atoms with Crippen LogP contribution in [0.25, 0.3) is 0 Å². The minimum atomic E-state index is -0.899. The summed E-state index contributed by atoms with van der Waals surface area (Å²) in [6.07, 6.45) is 6.45. The van der Waals surface area contributed by atoms with Gasteiger partial charge in [0.15, 0.2) is 0 Å². The molecule has 0 bridgehead atoms. The number of benzene rings is 2. The highest BCUT2D eigenvalue weighted by molar-refractivity contribution is 5.92. The molecule has 0 aromatic heterocycles. The van der Waals surface area contributed by atoms with Gasteiger partial charge in [0, 0.05) is 19.0 Å². The van der Waals surface area contributed by atoms with Crippen molar-refractivity contribution in [3.63, 3.8) is 0 Å². The van der Waals surface area contributed by atoms with Crippen LogP contribution in [0, 0.1) is 0 Å². The highest BCUT2D eigenvalue weighted by Crippen LogP contribution is 2.26. The van der Waals surface area contributed by atoms with Crippen LogP contribution in [0.15, 0.2) is 54.6 Å². The van der Waals surface area contributed by atoms with E-state index in [0.29, 0.717) is 13.0 Å². The van der Waals surface area contributed by atoms with Gasteiger partial charge >= 0.3 is 6.09 Å². The largest absolute Gasteiger partial charge is 0.444 e. The molecule has 0 aliphatic heterocycles. The van der Waals surface area contributed by atoms with E-state index in [4.69, 9.17) is 4.74 Å². The molecule has 2 aromatic rings. The Labute approximate surface area is 240 Å². The SMILES string of the molecule is CCCN(C(=O)C(Cc1ccccc1)NC(=O)OC(C)(C)C)C(C(=O)NC1CCCCC1)c1ccc(CC)cc1. The van der Waals surface area contributed by atoms with Gasteiger partial charge in [-0.1, -0.05) is 87.7 Å². The smallest absolute Gasteiger partial charge is 0.408 e. The second kappa shape index (κ2) is 14.9. The average molecular weight is 550 g/mol. The van der Waals surface area contributed by atoms with E-state index >= 15 is 0 Å². The predicted octanol–water partition coefficient (Wildman–Crippen LogP) is 6.11. The molecule has 2 N–H and O–H groups in total. The number of carbonyl (C=O) groups is 3. The van der Waals surface area contributed by atoms with E-state index in [1.165, 1.54) is 6.42 Å². The third-order valence-corrected chi connectivity index (χ3v) is 7.23. The number of hydrogen-bond acceptors (Lipinski definition) is 4. The molecule has 0 saturated heterocycles. The van der Waals surface area contributed by atoms with E-state index in [2.05, 4.69) is 17.6 Å². The van der Waals surface area contributed by atoms with Gasteiger partial charge in [-0.15, -0.1) is 0 Å². The van der Waals surface area contributed by atoms with Crippen molar-refractivity contribution in [2.45, 2.75) is 110 Å². The van der Waals surface area contributed by atoms with Crippen LogP contribution in [-0.4, -0.2) is 47.0 Å². The Balaban J connectivity index is 1.98. The third kappa shape index (κ3) is 9.39. The van der Waals surface area contributed by atoms with Crippen molar-refractivity contribution in [1.82, 2.24) is 15.5 Å². The van der Waals surface area contributed by atoms with E-state index in [9.17, 15) is 14.4 Å². The summed E-state index contributed by atoms with van der Waals surface area (Å²) in [4.78, 5) is 42.8. The minimum Gasteiger partial charge on any atom is -0.444 e. The van der Waals surface area contributed by atoms with Gasteiger partial charge in [-0.25, -0.2) is 4.79 Å². The first-order valence-corrected chi connectivity index (χ1v) is 14.8. The Morgan fingerprint density at radius 2 is 1.57 bits per heavy atom. The molecule has 1 aliphatic carbocycles. The molecule has 7 nitrogen and oxygen atoms in total. The highest BCUT2D eigenvalue weighted by atomic mass is 16.6. The van der Waals surface area contributed by atoms with Crippen LogP contribution in [-0.2, 0) is 27.2 Å². The van der Waals surface area contributed by atoms with Crippen LogP contribution in [0.3, 0.4) is 0 Å². The Hall–Kier alpha value is -3.35.